The van der Waals surface area contributed by atoms with Gasteiger partial charge >= 0.3 is 0 Å². The van der Waals surface area contributed by atoms with E-state index < -0.39 is 15.1 Å². The van der Waals surface area contributed by atoms with Gasteiger partial charge in [-0.3, -0.25) is 4.79 Å². The minimum atomic E-state index is -3.69. The first kappa shape index (κ1) is 17.9. The first-order valence-electron chi connectivity index (χ1n) is 7.88. The van der Waals surface area contributed by atoms with E-state index in [0.717, 1.165) is 11.1 Å². The van der Waals surface area contributed by atoms with Crippen LogP contribution < -0.4 is 0 Å². The van der Waals surface area contributed by atoms with Gasteiger partial charge in [-0.05, 0) is 57.9 Å². The van der Waals surface area contributed by atoms with Crippen molar-refractivity contribution in [1.29, 1.82) is 0 Å². The number of hydrogen-bond donors (Lipinski definition) is 0. The van der Waals surface area contributed by atoms with Gasteiger partial charge in [0, 0.05) is 13.1 Å². The van der Waals surface area contributed by atoms with Gasteiger partial charge < -0.3 is 9.64 Å². The minimum absolute atomic E-state index is 0.0841. The van der Waals surface area contributed by atoms with Crippen molar-refractivity contribution in [3.63, 3.8) is 0 Å². The lowest BCUT2D eigenvalue weighted by Gasteiger charge is -2.36. The smallest absolute Gasteiger partial charge is 0.241 e. The summed E-state index contributed by atoms with van der Waals surface area (Å²) in [6.07, 6.45) is -0.168. The van der Waals surface area contributed by atoms with E-state index in [1.54, 1.807) is 23.1 Å². The number of hydrogen-bond acceptors (Lipinski definition) is 4. The Morgan fingerprint density at radius 1 is 1.17 bits per heavy atom. The largest absolute Gasteiger partial charge is 0.372 e. The summed E-state index contributed by atoms with van der Waals surface area (Å²) in [5.41, 5.74) is 1.93. The second-order valence-electron chi connectivity index (χ2n) is 6.43. The van der Waals surface area contributed by atoms with Crippen LogP contribution in [0.5, 0.6) is 0 Å². The van der Waals surface area contributed by atoms with Crippen LogP contribution in [0.3, 0.4) is 0 Å². The molecular formula is C17H25NO4S. The number of sulfone groups is 1. The minimum Gasteiger partial charge on any atom is -0.372 e. The monoisotopic (exact) mass is 339 g/mol. The van der Waals surface area contributed by atoms with Crippen molar-refractivity contribution in [1.82, 2.24) is 4.90 Å². The molecule has 1 aliphatic rings. The molecule has 5 nitrogen and oxygen atoms in total. The first-order chi connectivity index (χ1) is 10.6. The van der Waals surface area contributed by atoms with Gasteiger partial charge in [0.2, 0.25) is 5.91 Å². The molecule has 2 rings (SSSR count). The van der Waals surface area contributed by atoms with Gasteiger partial charge in [-0.25, -0.2) is 8.42 Å². The maximum atomic E-state index is 12.8. The lowest BCUT2D eigenvalue weighted by atomic mass is 10.1. The molecule has 1 fully saturated rings. The Kier molecular flexibility index (Phi) is 5.16. The fourth-order valence-corrected chi connectivity index (χ4v) is 4.26. The molecule has 1 saturated heterocycles. The molecule has 3 atom stereocenters. The zero-order chi connectivity index (χ0) is 17.4. The molecular weight excluding hydrogens is 314 g/mol. The zero-order valence-electron chi connectivity index (χ0n) is 14.4. The predicted molar refractivity (Wildman–Crippen MR) is 89.2 cm³/mol. The van der Waals surface area contributed by atoms with Crippen LogP contribution in [0.15, 0.2) is 23.1 Å². The summed E-state index contributed by atoms with van der Waals surface area (Å²) in [6.45, 7) is 9.89. The van der Waals surface area contributed by atoms with E-state index in [-0.39, 0.29) is 23.0 Å². The molecule has 1 heterocycles. The van der Waals surface area contributed by atoms with Crippen LogP contribution in [0.25, 0.3) is 0 Å². The summed E-state index contributed by atoms with van der Waals surface area (Å²) >= 11 is 0. The lowest BCUT2D eigenvalue weighted by molar-refractivity contribution is -0.142. The fraction of sp³-hybridized carbons (Fsp3) is 0.588. The number of amides is 1. The second-order valence-corrected chi connectivity index (χ2v) is 8.70. The number of ether oxygens (including phenoxy) is 1. The predicted octanol–water partition coefficient (Wildman–Crippen LogP) is 2.10. The molecule has 0 radical (unpaired) electrons. The van der Waals surface area contributed by atoms with E-state index in [2.05, 4.69) is 0 Å². The van der Waals surface area contributed by atoms with Crippen LogP contribution >= 0.6 is 0 Å². The molecule has 0 aliphatic carbocycles. The van der Waals surface area contributed by atoms with Crippen LogP contribution in [0.4, 0.5) is 0 Å². The van der Waals surface area contributed by atoms with E-state index in [1.807, 2.05) is 27.7 Å². The maximum Gasteiger partial charge on any atom is 0.241 e. The van der Waals surface area contributed by atoms with Gasteiger partial charge in [0.05, 0.1) is 17.1 Å². The van der Waals surface area contributed by atoms with Crippen LogP contribution in [0.2, 0.25) is 0 Å². The molecule has 0 aromatic heterocycles. The highest BCUT2D eigenvalue weighted by atomic mass is 32.2. The lowest BCUT2D eigenvalue weighted by Crippen LogP contribution is -2.52. The van der Waals surface area contributed by atoms with E-state index in [9.17, 15) is 13.2 Å². The van der Waals surface area contributed by atoms with Gasteiger partial charge in [-0.1, -0.05) is 6.07 Å². The Bertz CT molecular complexity index is 689. The van der Waals surface area contributed by atoms with Crippen molar-refractivity contribution in [3.05, 3.63) is 29.3 Å². The van der Waals surface area contributed by atoms with Crippen molar-refractivity contribution in [2.75, 3.05) is 13.1 Å². The summed E-state index contributed by atoms with van der Waals surface area (Å²) in [5.74, 6) is -0.356. The van der Waals surface area contributed by atoms with Gasteiger partial charge in [0.15, 0.2) is 9.84 Å². The Morgan fingerprint density at radius 2 is 1.74 bits per heavy atom. The Hall–Kier alpha value is -1.40. The average molecular weight is 339 g/mol. The van der Waals surface area contributed by atoms with Gasteiger partial charge in [0.25, 0.3) is 0 Å². The van der Waals surface area contributed by atoms with Crippen LogP contribution in [0.1, 0.15) is 31.9 Å². The summed E-state index contributed by atoms with van der Waals surface area (Å²) in [6, 6.07) is 4.99. The maximum absolute atomic E-state index is 12.8. The third-order valence-corrected chi connectivity index (χ3v) is 6.39. The van der Waals surface area contributed by atoms with Crippen LogP contribution in [-0.4, -0.2) is 49.8 Å². The number of carbonyl (C=O) groups is 1. The molecule has 1 amide bonds. The highest BCUT2D eigenvalue weighted by Gasteiger charge is 2.36. The second kappa shape index (κ2) is 6.61. The summed E-state index contributed by atoms with van der Waals surface area (Å²) in [7, 11) is -3.69. The third kappa shape index (κ3) is 3.75. The highest BCUT2D eigenvalue weighted by molar-refractivity contribution is 7.92. The third-order valence-electron chi connectivity index (χ3n) is 4.35. The SMILES string of the molecule is Cc1ccc(S(=O)(=O)[C@@H](C)C(=O)N2C[C@@H](C)O[C@@H](C)C2)cc1C. The molecule has 6 heteroatoms. The average Bonchev–Trinajstić information content (AvgIpc) is 2.47. The van der Waals surface area contributed by atoms with Crippen LogP contribution in [0, 0.1) is 13.8 Å². The molecule has 128 valence electrons. The Morgan fingerprint density at radius 3 is 2.26 bits per heavy atom. The number of aryl methyl sites for hydroxylation is 2. The zero-order valence-corrected chi connectivity index (χ0v) is 15.2. The molecule has 1 aliphatic heterocycles. The van der Waals surface area contributed by atoms with Crippen molar-refractivity contribution in [2.24, 2.45) is 0 Å². The van der Waals surface area contributed by atoms with Gasteiger partial charge in [-0.2, -0.15) is 0 Å². The number of benzene rings is 1. The Labute approximate surface area is 138 Å². The summed E-state index contributed by atoms with van der Waals surface area (Å²) < 4.78 is 31.1. The standard InChI is InChI=1S/C17H25NO4S/c1-11-6-7-16(8-12(11)2)23(20,21)15(5)17(19)18-9-13(3)22-14(4)10-18/h6-8,13-15H,9-10H2,1-5H3/t13-,14+,15-/m0/s1. The summed E-state index contributed by atoms with van der Waals surface area (Å²) in [4.78, 5) is 14.5. The molecule has 23 heavy (non-hydrogen) atoms. The van der Waals surface area contributed by atoms with E-state index in [4.69, 9.17) is 4.74 Å². The number of rotatable bonds is 3. The van der Waals surface area contributed by atoms with E-state index in [1.165, 1.54) is 6.92 Å². The van der Waals surface area contributed by atoms with Crippen molar-refractivity contribution < 1.29 is 17.9 Å². The molecule has 0 spiro atoms. The topological polar surface area (TPSA) is 63.7 Å². The Balaban J connectivity index is 2.25. The molecule has 0 unspecified atom stereocenters. The van der Waals surface area contributed by atoms with Crippen molar-refractivity contribution >= 4 is 15.7 Å². The quantitative estimate of drug-likeness (QED) is 0.846. The van der Waals surface area contributed by atoms with Gasteiger partial charge in [-0.15, -0.1) is 0 Å². The first-order valence-corrected chi connectivity index (χ1v) is 9.43. The van der Waals surface area contributed by atoms with E-state index in [0.29, 0.717) is 13.1 Å². The molecule has 0 N–H and O–H groups in total. The van der Waals surface area contributed by atoms with Crippen molar-refractivity contribution in [3.8, 4) is 0 Å². The number of nitrogens with zero attached hydrogens (tertiary/aromatic N) is 1. The number of morpholine rings is 1. The van der Waals surface area contributed by atoms with Crippen molar-refractivity contribution in [2.45, 2.75) is 57.0 Å². The highest BCUT2D eigenvalue weighted by Crippen LogP contribution is 2.22. The molecule has 0 saturated carbocycles. The number of carbonyl (C=O) groups excluding carboxylic acids is 1. The molecule has 1 aromatic carbocycles. The van der Waals surface area contributed by atoms with Gasteiger partial charge in [0.1, 0.15) is 5.25 Å². The molecule has 0 bridgehead atoms. The summed E-state index contributed by atoms with van der Waals surface area (Å²) in [5, 5.41) is -1.10. The molecule has 1 aromatic rings. The van der Waals surface area contributed by atoms with Crippen LogP contribution in [-0.2, 0) is 19.4 Å². The fourth-order valence-electron chi connectivity index (χ4n) is 2.84. The van der Waals surface area contributed by atoms with E-state index >= 15 is 0 Å². The normalized spacial score (nSPS) is 23.6.